The van der Waals surface area contributed by atoms with E-state index in [1.807, 2.05) is 6.92 Å². The molecule has 21 heavy (non-hydrogen) atoms. The summed E-state index contributed by atoms with van der Waals surface area (Å²) in [5, 5.41) is 12.1. The molecule has 120 valence electrons. The summed E-state index contributed by atoms with van der Waals surface area (Å²) in [7, 11) is -2.95. The maximum absolute atomic E-state index is 12.3. The fourth-order valence-corrected chi connectivity index (χ4v) is 4.87. The molecular weight excluding hydrogens is 294 g/mol. The molecule has 2 aliphatic rings. The third-order valence-electron chi connectivity index (χ3n) is 4.79. The Morgan fingerprint density at radius 3 is 2.24 bits per heavy atom. The van der Waals surface area contributed by atoms with Crippen LogP contribution in [0.5, 0.6) is 0 Å². The van der Waals surface area contributed by atoms with Crippen molar-refractivity contribution >= 4 is 21.7 Å². The van der Waals surface area contributed by atoms with Gasteiger partial charge in [-0.05, 0) is 31.6 Å². The molecule has 2 fully saturated rings. The molecule has 1 aliphatic heterocycles. The number of carbonyl (C=O) groups is 2. The third-order valence-corrected chi connectivity index (χ3v) is 6.51. The van der Waals surface area contributed by atoms with Crippen molar-refractivity contribution < 1.29 is 23.1 Å². The lowest BCUT2D eigenvalue weighted by Crippen LogP contribution is -2.44. The molecule has 1 amide bonds. The second kappa shape index (κ2) is 6.34. The molecule has 0 aromatic rings. The molecule has 2 rings (SSSR count). The molecule has 1 saturated carbocycles. The zero-order chi connectivity index (χ0) is 15.6. The maximum atomic E-state index is 12.3. The molecule has 0 aromatic carbocycles. The minimum atomic E-state index is -2.95. The molecule has 1 heterocycles. The van der Waals surface area contributed by atoms with Gasteiger partial charge in [-0.2, -0.15) is 0 Å². The molecule has 1 unspecified atom stereocenters. The lowest BCUT2D eigenvalue weighted by molar-refractivity contribution is -0.146. The number of hydrogen-bond donors (Lipinski definition) is 2. The molecular formula is C14H23NO5S. The van der Waals surface area contributed by atoms with E-state index in [0.29, 0.717) is 25.7 Å². The van der Waals surface area contributed by atoms with Crippen molar-refractivity contribution in [1.82, 2.24) is 5.32 Å². The van der Waals surface area contributed by atoms with Crippen molar-refractivity contribution in [2.75, 3.05) is 11.5 Å². The van der Waals surface area contributed by atoms with Gasteiger partial charge in [0.15, 0.2) is 0 Å². The molecule has 7 heteroatoms. The maximum Gasteiger partial charge on any atom is 0.307 e. The Morgan fingerprint density at radius 1 is 1.14 bits per heavy atom. The van der Waals surface area contributed by atoms with Crippen LogP contribution in [0.1, 0.15) is 39.0 Å². The van der Waals surface area contributed by atoms with Gasteiger partial charge in [0.2, 0.25) is 5.91 Å². The van der Waals surface area contributed by atoms with E-state index in [0.717, 1.165) is 6.42 Å². The summed E-state index contributed by atoms with van der Waals surface area (Å²) >= 11 is 0. The van der Waals surface area contributed by atoms with Crippen LogP contribution in [0, 0.1) is 17.8 Å². The Morgan fingerprint density at radius 2 is 1.71 bits per heavy atom. The van der Waals surface area contributed by atoms with Crippen molar-refractivity contribution in [3.63, 3.8) is 0 Å². The van der Waals surface area contributed by atoms with Gasteiger partial charge in [0.1, 0.15) is 9.84 Å². The van der Waals surface area contributed by atoms with Gasteiger partial charge in [0, 0.05) is 6.04 Å². The number of hydrogen-bond acceptors (Lipinski definition) is 4. The van der Waals surface area contributed by atoms with Crippen LogP contribution in [-0.4, -0.2) is 42.9 Å². The van der Waals surface area contributed by atoms with Crippen LogP contribution in [0.4, 0.5) is 0 Å². The first-order chi connectivity index (χ1) is 9.82. The van der Waals surface area contributed by atoms with Crippen molar-refractivity contribution in [3.8, 4) is 0 Å². The molecule has 6 nitrogen and oxygen atoms in total. The van der Waals surface area contributed by atoms with Crippen LogP contribution < -0.4 is 5.32 Å². The topological polar surface area (TPSA) is 101 Å². The van der Waals surface area contributed by atoms with E-state index in [-0.39, 0.29) is 29.4 Å². The standard InChI is InChI=1S/C14H23NO5S/c1-2-9-7-11(12(8-9)14(17)18)13(16)15-10-3-5-21(19,20)6-4-10/h9-12H,2-8H2,1H3,(H,15,16)(H,17,18)/t9?,11-,12+/m0/s1. The Balaban J connectivity index is 1.94. The van der Waals surface area contributed by atoms with E-state index >= 15 is 0 Å². The van der Waals surface area contributed by atoms with Gasteiger partial charge in [0.25, 0.3) is 0 Å². The van der Waals surface area contributed by atoms with E-state index in [9.17, 15) is 23.1 Å². The largest absolute Gasteiger partial charge is 0.481 e. The Labute approximate surface area is 125 Å². The number of carboxylic acid groups (broad SMARTS) is 1. The summed E-state index contributed by atoms with van der Waals surface area (Å²) < 4.78 is 22.7. The number of amides is 1. The quantitative estimate of drug-likeness (QED) is 0.799. The van der Waals surface area contributed by atoms with Crippen LogP contribution in [0.15, 0.2) is 0 Å². The van der Waals surface area contributed by atoms with Crippen LogP contribution in [0.25, 0.3) is 0 Å². The first-order valence-electron chi connectivity index (χ1n) is 7.56. The summed E-state index contributed by atoms with van der Waals surface area (Å²) in [6, 6.07) is -0.142. The zero-order valence-electron chi connectivity index (χ0n) is 12.2. The molecule has 0 aromatic heterocycles. The fraction of sp³-hybridized carbons (Fsp3) is 0.857. The summed E-state index contributed by atoms with van der Waals surface area (Å²) in [4.78, 5) is 23.6. The number of aliphatic carboxylic acids is 1. The lowest BCUT2D eigenvalue weighted by Gasteiger charge is -2.25. The number of nitrogens with one attached hydrogen (secondary N) is 1. The summed E-state index contributed by atoms with van der Waals surface area (Å²) in [6.45, 7) is 2.01. The highest BCUT2D eigenvalue weighted by Crippen LogP contribution is 2.38. The average molecular weight is 317 g/mol. The Bertz CT molecular complexity index is 501. The van der Waals surface area contributed by atoms with E-state index in [1.54, 1.807) is 0 Å². The molecule has 2 N–H and O–H groups in total. The van der Waals surface area contributed by atoms with Gasteiger partial charge in [-0.15, -0.1) is 0 Å². The highest BCUT2D eigenvalue weighted by molar-refractivity contribution is 7.91. The highest BCUT2D eigenvalue weighted by Gasteiger charge is 2.42. The Hall–Kier alpha value is -1.11. The van der Waals surface area contributed by atoms with Crippen molar-refractivity contribution in [2.45, 2.75) is 45.1 Å². The predicted molar refractivity (Wildman–Crippen MR) is 77.4 cm³/mol. The molecule has 0 spiro atoms. The minimum absolute atomic E-state index is 0.0998. The zero-order valence-corrected chi connectivity index (χ0v) is 13.1. The monoisotopic (exact) mass is 317 g/mol. The molecule has 1 saturated heterocycles. The molecule has 0 bridgehead atoms. The van der Waals surface area contributed by atoms with Crippen molar-refractivity contribution in [1.29, 1.82) is 0 Å². The second-order valence-corrected chi connectivity index (χ2v) is 8.54. The first-order valence-corrected chi connectivity index (χ1v) is 9.38. The second-order valence-electron chi connectivity index (χ2n) is 6.23. The summed E-state index contributed by atoms with van der Waals surface area (Å²) in [6.07, 6.45) is 2.91. The number of rotatable bonds is 4. The van der Waals surface area contributed by atoms with Crippen molar-refractivity contribution in [3.05, 3.63) is 0 Å². The average Bonchev–Trinajstić information content (AvgIpc) is 2.85. The van der Waals surface area contributed by atoms with Gasteiger partial charge in [0.05, 0.1) is 23.3 Å². The fourth-order valence-electron chi connectivity index (χ4n) is 3.38. The van der Waals surface area contributed by atoms with E-state index in [2.05, 4.69) is 5.32 Å². The first kappa shape index (κ1) is 16.3. The molecule has 1 aliphatic carbocycles. The van der Waals surface area contributed by atoms with Gasteiger partial charge in [-0.3, -0.25) is 9.59 Å². The SMILES string of the molecule is CCC1C[C@H](C(=O)NC2CCS(=O)(=O)CC2)[C@H](C(=O)O)C1. The van der Waals surface area contributed by atoms with Crippen molar-refractivity contribution in [2.24, 2.45) is 17.8 Å². The van der Waals surface area contributed by atoms with Crippen LogP contribution in [0.2, 0.25) is 0 Å². The van der Waals surface area contributed by atoms with Crippen LogP contribution in [0.3, 0.4) is 0 Å². The Kier molecular flexibility index (Phi) is 4.91. The number of carbonyl (C=O) groups excluding carboxylic acids is 1. The smallest absolute Gasteiger partial charge is 0.307 e. The lowest BCUT2D eigenvalue weighted by atomic mass is 9.95. The highest BCUT2D eigenvalue weighted by atomic mass is 32.2. The van der Waals surface area contributed by atoms with Gasteiger partial charge in [-0.1, -0.05) is 13.3 Å². The van der Waals surface area contributed by atoms with Gasteiger partial charge >= 0.3 is 5.97 Å². The number of sulfone groups is 1. The number of carboxylic acids is 1. The predicted octanol–water partition coefficient (Wildman–Crippen LogP) is 0.817. The van der Waals surface area contributed by atoms with Gasteiger partial charge in [-0.25, -0.2) is 8.42 Å². The molecule has 3 atom stereocenters. The van der Waals surface area contributed by atoms with E-state index in [1.165, 1.54) is 0 Å². The molecule has 0 radical (unpaired) electrons. The summed E-state index contributed by atoms with van der Waals surface area (Å²) in [5.41, 5.74) is 0. The van der Waals surface area contributed by atoms with E-state index < -0.39 is 27.6 Å². The van der Waals surface area contributed by atoms with Crippen LogP contribution >= 0.6 is 0 Å². The summed E-state index contributed by atoms with van der Waals surface area (Å²) in [5.74, 6) is -1.73. The third kappa shape index (κ3) is 3.96. The minimum Gasteiger partial charge on any atom is -0.481 e. The van der Waals surface area contributed by atoms with E-state index in [4.69, 9.17) is 0 Å². The van der Waals surface area contributed by atoms with Gasteiger partial charge < -0.3 is 10.4 Å². The van der Waals surface area contributed by atoms with Crippen LogP contribution in [-0.2, 0) is 19.4 Å². The normalized spacial score (nSPS) is 32.7.